The summed E-state index contributed by atoms with van der Waals surface area (Å²) in [5.41, 5.74) is 15.8. The van der Waals surface area contributed by atoms with Gasteiger partial charge in [-0.05, 0) is 43.9 Å². The summed E-state index contributed by atoms with van der Waals surface area (Å²) in [5, 5.41) is 3.50. The molecule has 0 aromatic heterocycles. The van der Waals surface area contributed by atoms with Crippen molar-refractivity contribution in [1.82, 2.24) is 0 Å². The maximum absolute atomic E-state index is 6.35. The van der Waals surface area contributed by atoms with Gasteiger partial charge >= 0.3 is 0 Å². The van der Waals surface area contributed by atoms with E-state index in [1.807, 2.05) is 36.7 Å². The highest BCUT2D eigenvalue weighted by Crippen LogP contribution is 2.36. The van der Waals surface area contributed by atoms with Crippen molar-refractivity contribution in [2.45, 2.75) is 25.3 Å². The van der Waals surface area contributed by atoms with E-state index in [-0.39, 0.29) is 6.04 Å². The van der Waals surface area contributed by atoms with Crippen LogP contribution in [0.5, 0.6) is 0 Å². The number of anilines is 1. The number of rotatable bonds is 6. The minimum atomic E-state index is -0.0165. The molecule has 1 atom stereocenters. The van der Waals surface area contributed by atoms with Gasteiger partial charge in [0.25, 0.3) is 0 Å². The number of nitrogens with zero attached hydrogens (tertiary/aromatic N) is 2. The van der Waals surface area contributed by atoms with E-state index in [0.717, 1.165) is 35.6 Å². The lowest BCUT2D eigenvalue weighted by atomic mass is 10.0. The molecule has 1 aliphatic carbocycles. The van der Waals surface area contributed by atoms with E-state index in [9.17, 15) is 0 Å². The number of para-hydroxylation sites is 2. The van der Waals surface area contributed by atoms with Gasteiger partial charge in [-0.15, -0.1) is 0 Å². The average Bonchev–Trinajstić information content (AvgIpc) is 3.39. The third-order valence-corrected chi connectivity index (χ3v) is 3.99. The van der Waals surface area contributed by atoms with Gasteiger partial charge in [0.1, 0.15) is 0 Å². The van der Waals surface area contributed by atoms with Gasteiger partial charge < -0.3 is 16.8 Å². The topological polar surface area (TPSA) is 88.8 Å². The fourth-order valence-electron chi connectivity index (χ4n) is 2.54. The summed E-state index contributed by atoms with van der Waals surface area (Å²) in [6, 6.07) is 8.01. The Labute approximate surface area is 131 Å². The molecule has 0 saturated heterocycles. The first-order chi connectivity index (χ1) is 10.8. The number of nitrogens with two attached hydrogens (primary N) is 2. The van der Waals surface area contributed by atoms with E-state index in [0.29, 0.717) is 12.5 Å². The number of benzene rings is 1. The Morgan fingerprint density at radius 1 is 1.36 bits per heavy atom. The van der Waals surface area contributed by atoms with Crippen LogP contribution < -0.4 is 16.8 Å². The zero-order valence-corrected chi connectivity index (χ0v) is 12.7. The van der Waals surface area contributed by atoms with Crippen LogP contribution in [0.2, 0.25) is 0 Å². The zero-order valence-electron chi connectivity index (χ0n) is 12.7. The maximum atomic E-state index is 6.35. The summed E-state index contributed by atoms with van der Waals surface area (Å²) in [5.74, 6) is 0.503. The number of hydrogen-bond acceptors (Lipinski definition) is 5. The molecule has 1 heterocycles. The molecule has 22 heavy (non-hydrogen) atoms. The molecule has 1 unspecified atom stereocenters. The number of fused-ring (bicyclic) bond motifs is 1. The molecule has 0 spiro atoms. The first kappa shape index (κ1) is 14.8. The van der Waals surface area contributed by atoms with Crippen LogP contribution in [-0.2, 0) is 0 Å². The van der Waals surface area contributed by atoms with Gasteiger partial charge in [-0.1, -0.05) is 12.1 Å². The van der Waals surface area contributed by atoms with Crippen LogP contribution in [0.15, 0.2) is 45.5 Å². The van der Waals surface area contributed by atoms with Crippen LogP contribution in [0.4, 0.5) is 11.4 Å². The molecule has 1 fully saturated rings. The molecule has 116 valence electrons. The summed E-state index contributed by atoms with van der Waals surface area (Å²) < 4.78 is 0. The monoisotopic (exact) mass is 297 g/mol. The normalized spacial score (nSPS) is 21.4. The number of allylic oxidation sites excluding steroid dienone is 1. The highest BCUT2D eigenvalue weighted by Gasteiger charge is 2.29. The van der Waals surface area contributed by atoms with E-state index in [1.165, 1.54) is 12.8 Å². The number of hydrogen-bond donors (Lipinski definition) is 3. The molecule has 0 radical (unpaired) electrons. The Morgan fingerprint density at radius 3 is 2.95 bits per heavy atom. The van der Waals surface area contributed by atoms with Crippen molar-refractivity contribution >= 4 is 23.8 Å². The molecule has 1 aliphatic heterocycles. The van der Waals surface area contributed by atoms with Crippen molar-refractivity contribution in [2.24, 2.45) is 27.4 Å². The van der Waals surface area contributed by atoms with Gasteiger partial charge in [0.2, 0.25) is 0 Å². The van der Waals surface area contributed by atoms with Crippen LogP contribution in [0.3, 0.4) is 0 Å². The predicted octanol–water partition coefficient (Wildman–Crippen LogP) is 2.23. The lowest BCUT2D eigenvalue weighted by Gasteiger charge is -2.23. The van der Waals surface area contributed by atoms with Crippen LogP contribution in [0, 0.1) is 5.92 Å². The van der Waals surface area contributed by atoms with Crippen LogP contribution >= 0.6 is 0 Å². The van der Waals surface area contributed by atoms with E-state index in [4.69, 9.17) is 11.5 Å². The average molecular weight is 297 g/mol. The lowest BCUT2D eigenvalue weighted by Crippen LogP contribution is -2.29. The minimum absolute atomic E-state index is 0.0165. The molecule has 1 saturated carbocycles. The Balaban J connectivity index is 1.81. The molecule has 1 aromatic carbocycles. The molecule has 3 rings (SSSR count). The van der Waals surface area contributed by atoms with Gasteiger partial charge in [-0.3, -0.25) is 9.98 Å². The second kappa shape index (κ2) is 6.75. The standard InChI is InChI=1S/C17H23N5/c18-8-3-9-20-10-13(17(19)12-6-7-12)16-11-21-14-4-1-2-5-15(14)22-16/h1-2,4-5,10-12,16,22H,3,6-9,18-19H2. The molecule has 1 aromatic rings. The van der Waals surface area contributed by atoms with Gasteiger partial charge in [-0.2, -0.15) is 0 Å². The summed E-state index contributed by atoms with van der Waals surface area (Å²) in [4.78, 5) is 9.02. The SMILES string of the molecule is NCCCN=CC(=C(N)C1CC1)C1C=Nc2ccccc2N1. The molecule has 5 heteroatoms. The quantitative estimate of drug-likeness (QED) is 0.555. The third kappa shape index (κ3) is 3.36. The van der Waals surface area contributed by atoms with E-state index in [2.05, 4.69) is 15.3 Å². The van der Waals surface area contributed by atoms with Crippen molar-refractivity contribution in [1.29, 1.82) is 0 Å². The molecule has 2 aliphatic rings. The van der Waals surface area contributed by atoms with Crippen molar-refractivity contribution in [3.63, 3.8) is 0 Å². The van der Waals surface area contributed by atoms with Crippen molar-refractivity contribution < 1.29 is 0 Å². The van der Waals surface area contributed by atoms with E-state index >= 15 is 0 Å². The third-order valence-electron chi connectivity index (χ3n) is 3.99. The zero-order chi connectivity index (χ0) is 15.4. The van der Waals surface area contributed by atoms with E-state index < -0.39 is 0 Å². The Hall–Kier alpha value is -2.14. The van der Waals surface area contributed by atoms with E-state index in [1.54, 1.807) is 0 Å². The molecule has 0 amide bonds. The largest absolute Gasteiger partial charge is 0.401 e. The molecule has 5 nitrogen and oxygen atoms in total. The van der Waals surface area contributed by atoms with Gasteiger partial charge in [0, 0.05) is 30.2 Å². The fourth-order valence-corrected chi connectivity index (χ4v) is 2.54. The Kier molecular flexibility index (Phi) is 4.53. The number of aliphatic imine (C=N–C) groups is 2. The van der Waals surface area contributed by atoms with Gasteiger partial charge in [0.15, 0.2) is 0 Å². The summed E-state index contributed by atoms with van der Waals surface area (Å²) in [6.07, 6.45) is 7.06. The second-order valence-corrected chi connectivity index (χ2v) is 5.78. The lowest BCUT2D eigenvalue weighted by molar-refractivity contribution is 0.845. The van der Waals surface area contributed by atoms with Gasteiger partial charge in [-0.25, -0.2) is 0 Å². The molecule has 5 N–H and O–H groups in total. The van der Waals surface area contributed by atoms with Crippen LogP contribution in [0.1, 0.15) is 19.3 Å². The summed E-state index contributed by atoms with van der Waals surface area (Å²) in [6.45, 7) is 1.39. The van der Waals surface area contributed by atoms with Crippen LogP contribution in [-0.4, -0.2) is 31.6 Å². The Bertz CT molecular complexity index is 613. The predicted molar refractivity (Wildman–Crippen MR) is 93.0 cm³/mol. The van der Waals surface area contributed by atoms with Crippen LogP contribution in [0.25, 0.3) is 0 Å². The highest BCUT2D eigenvalue weighted by molar-refractivity contribution is 5.95. The fraction of sp³-hybridized carbons (Fsp3) is 0.412. The minimum Gasteiger partial charge on any atom is -0.401 e. The highest BCUT2D eigenvalue weighted by atomic mass is 15.0. The molecule has 0 bridgehead atoms. The van der Waals surface area contributed by atoms with Crippen molar-refractivity contribution in [2.75, 3.05) is 18.4 Å². The molecular weight excluding hydrogens is 274 g/mol. The molecular formula is C17H23N5. The smallest absolute Gasteiger partial charge is 0.0902 e. The number of nitrogens with one attached hydrogen (secondary N) is 1. The van der Waals surface area contributed by atoms with Gasteiger partial charge in [0.05, 0.1) is 17.4 Å². The Morgan fingerprint density at radius 2 is 2.18 bits per heavy atom. The van der Waals surface area contributed by atoms with Crippen molar-refractivity contribution in [3.8, 4) is 0 Å². The first-order valence-electron chi connectivity index (χ1n) is 7.89. The summed E-state index contributed by atoms with van der Waals surface area (Å²) in [7, 11) is 0. The second-order valence-electron chi connectivity index (χ2n) is 5.78. The summed E-state index contributed by atoms with van der Waals surface area (Å²) >= 11 is 0. The van der Waals surface area contributed by atoms with Crippen molar-refractivity contribution in [3.05, 3.63) is 35.5 Å². The first-order valence-corrected chi connectivity index (χ1v) is 7.89. The maximum Gasteiger partial charge on any atom is 0.0902 e.